The maximum atomic E-state index is 12.7. The summed E-state index contributed by atoms with van der Waals surface area (Å²) >= 11 is 5.93. The highest BCUT2D eigenvalue weighted by Crippen LogP contribution is 2.38. The van der Waals surface area contributed by atoms with Crippen molar-refractivity contribution in [2.75, 3.05) is 19.6 Å². The van der Waals surface area contributed by atoms with E-state index < -0.39 is 5.41 Å². The summed E-state index contributed by atoms with van der Waals surface area (Å²) in [6, 6.07) is 7.57. The van der Waals surface area contributed by atoms with Crippen LogP contribution in [0.4, 0.5) is 0 Å². The van der Waals surface area contributed by atoms with Crippen molar-refractivity contribution in [1.82, 2.24) is 10.2 Å². The fourth-order valence-electron chi connectivity index (χ4n) is 2.84. The van der Waals surface area contributed by atoms with Gasteiger partial charge in [0.25, 0.3) is 0 Å². The summed E-state index contributed by atoms with van der Waals surface area (Å²) in [5.74, 6) is 0.114. The van der Waals surface area contributed by atoms with E-state index in [1.54, 1.807) is 0 Å². The third kappa shape index (κ3) is 3.09. The average Bonchev–Trinajstić information content (AvgIpc) is 3.15. The van der Waals surface area contributed by atoms with Crippen LogP contribution in [0.5, 0.6) is 0 Å². The summed E-state index contributed by atoms with van der Waals surface area (Å²) in [6.45, 7) is 7.32. The van der Waals surface area contributed by atoms with Gasteiger partial charge in [-0.3, -0.25) is 4.79 Å². The topological polar surface area (TPSA) is 32.3 Å². The van der Waals surface area contributed by atoms with Crippen LogP contribution in [0, 0.1) is 0 Å². The molecule has 1 saturated heterocycles. The summed E-state index contributed by atoms with van der Waals surface area (Å²) in [6.07, 6.45) is 3.50. The molecule has 0 atom stereocenters. The van der Waals surface area contributed by atoms with Gasteiger partial charge >= 0.3 is 0 Å². The summed E-state index contributed by atoms with van der Waals surface area (Å²) in [5.41, 5.74) is 0.500. The van der Waals surface area contributed by atoms with E-state index in [2.05, 4.69) is 10.2 Å². The van der Waals surface area contributed by atoms with Gasteiger partial charge in [-0.1, -0.05) is 23.7 Å². The summed E-state index contributed by atoms with van der Waals surface area (Å²) in [4.78, 5) is 15.2. The van der Waals surface area contributed by atoms with Crippen LogP contribution in [-0.2, 0) is 10.2 Å². The molecular weight excluding hydrogens is 284 g/mol. The van der Waals surface area contributed by atoms with Gasteiger partial charge in [-0.25, -0.2) is 0 Å². The third-order valence-electron chi connectivity index (χ3n) is 4.84. The molecule has 0 radical (unpaired) electrons. The number of halogens is 1. The Kier molecular flexibility index (Phi) is 3.74. The van der Waals surface area contributed by atoms with E-state index in [0.717, 1.165) is 24.9 Å². The second-order valence-corrected chi connectivity index (χ2v) is 7.43. The smallest absolute Gasteiger partial charge is 0.230 e. The molecule has 1 saturated carbocycles. The molecule has 0 spiro atoms. The predicted octanol–water partition coefficient (Wildman–Crippen LogP) is 2.97. The molecule has 2 fully saturated rings. The van der Waals surface area contributed by atoms with Gasteiger partial charge in [0, 0.05) is 11.6 Å². The van der Waals surface area contributed by atoms with Crippen molar-refractivity contribution in [3.8, 4) is 0 Å². The molecular formula is C17H23ClN2O. The number of nitrogens with one attached hydrogen (secondary N) is 1. The normalized spacial score (nSPS) is 20.7. The lowest BCUT2D eigenvalue weighted by Crippen LogP contribution is -2.53. The van der Waals surface area contributed by atoms with Crippen molar-refractivity contribution in [3.05, 3.63) is 34.9 Å². The molecule has 0 aromatic heterocycles. The van der Waals surface area contributed by atoms with Crippen molar-refractivity contribution in [3.63, 3.8) is 0 Å². The van der Waals surface area contributed by atoms with Crippen molar-refractivity contribution in [2.24, 2.45) is 0 Å². The first-order chi connectivity index (χ1) is 9.91. The molecule has 114 valence electrons. The lowest BCUT2D eigenvalue weighted by atomic mass is 9.83. The standard InChI is InChI=1S/C17H23ClN2O/c1-16(2,13-4-6-14(18)7-5-13)15(21)19-17(8-9-17)12-20-10-3-11-20/h4-7H,3,8-12H2,1-2H3,(H,19,21). The van der Waals surface area contributed by atoms with E-state index in [1.807, 2.05) is 38.1 Å². The zero-order valence-corrected chi connectivity index (χ0v) is 13.5. The lowest BCUT2D eigenvalue weighted by molar-refractivity contribution is -0.126. The third-order valence-corrected chi connectivity index (χ3v) is 5.09. The molecule has 2 aliphatic rings. The van der Waals surface area contributed by atoms with Gasteiger partial charge in [0.05, 0.1) is 11.0 Å². The van der Waals surface area contributed by atoms with Crippen molar-refractivity contribution >= 4 is 17.5 Å². The molecule has 1 aliphatic carbocycles. The number of likely N-dealkylation sites (tertiary alicyclic amines) is 1. The molecule has 3 nitrogen and oxygen atoms in total. The molecule has 1 aromatic rings. The molecule has 1 aliphatic heterocycles. The second-order valence-electron chi connectivity index (χ2n) is 7.00. The number of benzene rings is 1. The molecule has 1 heterocycles. The number of rotatable bonds is 5. The van der Waals surface area contributed by atoms with Gasteiger partial charge in [0.1, 0.15) is 0 Å². The van der Waals surface area contributed by atoms with Crippen molar-refractivity contribution < 1.29 is 4.79 Å². The van der Waals surface area contributed by atoms with Gasteiger partial charge in [0.15, 0.2) is 0 Å². The average molecular weight is 307 g/mol. The van der Waals surface area contributed by atoms with Crippen LogP contribution in [0.25, 0.3) is 0 Å². The molecule has 3 rings (SSSR count). The number of nitrogens with zero attached hydrogens (tertiary/aromatic N) is 1. The van der Waals surface area contributed by atoms with E-state index in [9.17, 15) is 4.79 Å². The van der Waals surface area contributed by atoms with Gasteiger partial charge < -0.3 is 10.2 Å². The monoisotopic (exact) mass is 306 g/mol. The zero-order chi connectivity index (χ0) is 15.1. The first-order valence-electron chi connectivity index (χ1n) is 7.72. The fourth-order valence-corrected chi connectivity index (χ4v) is 2.96. The number of carbonyl (C=O) groups excluding carboxylic acids is 1. The van der Waals surface area contributed by atoms with Crippen LogP contribution < -0.4 is 5.32 Å². The largest absolute Gasteiger partial charge is 0.349 e. The van der Waals surface area contributed by atoms with Crippen LogP contribution in [0.1, 0.15) is 38.7 Å². The number of hydrogen-bond acceptors (Lipinski definition) is 2. The van der Waals surface area contributed by atoms with Crippen molar-refractivity contribution in [2.45, 2.75) is 44.1 Å². The van der Waals surface area contributed by atoms with E-state index >= 15 is 0 Å². The molecule has 1 amide bonds. The Hall–Kier alpha value is -1.06. The Bertz CT molecular complexity index is 530. The lowest BCUT2D eigenvalue weighted by Gasteiger charge is -2.36. The molecule has 1 aromatic carbocycles. The minimum Gasteiger partial charge on any atom is -0.349 e. The predicted molar refractivity (Wildman–Crippen MR) is 85.6 cm³/mol. The first-order valence-corrected chi connectivity index (χ1v) is 8.10. The van der Waals surface area contributed by atoms with Gasteiger partial charge in [-0.15, -0.1) is 0 Å². The number of hydrogen-bond donors (Lipinski definition) is 1. The Morgan fingerprint density at radius 1 is 1.29 bits per heavy atom. The van der Waals surface area contributed by atoms with Crippen LogP contribution in [0.2, 0.25) is 5.02 Å². The van der Waals surface area contributed by atoms with E-state index in [1.165, 1.54) is 19.5 Å². The minimum atomic E-state index is -0.533. The van der Waals surface area contributed by atoms with E-state index in [-0.39, 0.29) is 11.4 Å². The number of carbonyl (C=O) groups is 1. The quantitative estimate of drug-likeness (QED) is 0.907. The molecule has 4 heteroatoms. The minimum absolute atomic E-state index is 0.0290. The summed E-state index contributed by atoms with van der Waals surface area (Å²) in [5, 5.41) is 4.01. The molecule has 0 unspecified atom stereocenters. The van der Waals surface area contributed by atoms with Crippen molar-refractivity contribution in [1.29, 1.82) is 0 Å². The maximum absolute atomic E-state index is 12.7. The SMILES string of the molecule is CC(C)(C(=O)NC1(CN2CCC2)CC1)c1ccc(Cl)cc1. The number of amides is 1. The Balaban J connectivity index is 1.67. The molecule has 0 bridgehead atoms. The van der Waals surface area contributed by atoms with Gasteiger partial charge in [-0.2, -0.15) is 0 Å². The van der Waals surface area contributed by atoms with Gasteiger partial charge in [-0.05, 0) is 63.9 Å². The highest BCUT2D eigenvalue weighted by Gasteiger charge is 2.48. The molecule has 21 heavy (non-hydrogen) atoms. The fraction of sp³-hybridized carbons (Fsp3) is 0.588. The van der Waals surface area contributed by atoms with Crippen LogP contribution >= 0.6 is 11.6 Å². The highest BCUT2D eigenvalue weighted by molar-refractivity contribution is 6.30. The van der Waals surface area contributed by atoms with Gasteiger partial charge in [0.2, 0.25) is 5.91 Å². The summed E-state index contributed by atoms with van der Waals surface area (Å²) < 4.78 is 0. The van der Waals surface area contributed by atoms with E-state index in [0.29, 0.717) is 5.02 Å². The highest BCUT2D eigenvalue weighted by atomic mass is 35.5. The Morgan fingerprint density at radius 2 is 1.90 bits per heavy atom. The first kappa shape index (κ1) is 14.9. The molecule has 1 N–H and O–H groups in total. The van der Waals surface area contributed by atoms with Crippen LogP contribution in [0.3, 0.4) is 0 Å². The van der Waals surface area contributed by atoms with Crippen LogP contribution in [0.15, 0.2) is 24.3 Å². The Labute approximate surface area is 131 Å². The second kappa shape index (κ2) is 5.29. The maximum Gasteiger partial charge on any atom is 0.230 e. The Morgan fingerprint density at radius 3 is 2.38 bits per heavy atom. The van der Waals surface area contributed by atoms with Crippen LogP contribution in [-0.4, -0.2) is 36.0 Å². The van der Waals surface area contributed by atoms with E-state index in [4.69, 9.17) is 11.6 Å². The summed E-state index contributed by atoms with van der Waals surface area (Å²) in [7, 11) is 0. The zero-order valence-electron chi connectivity index (χ0n) is 12.8.